The number of aliphatic carboxylic acids is 1. The van der Waals surface area contributed by atoms with Gasteiger partial charge >= 0.3 is 5.97 Å². The van der Waals surface area contributed by atoms with Crippen LogP contribution in [0.15, 0.2) is 24.3 Å². The number of carbonyl (C=O) groups excluding carboxylic acids is 1. The molecule has 0 aliphatic carbocycles. The molecule has 0 aliphatic heterocycles. The fraction of sp³-hybridized carbons (Fsp3) is 0.200. The molecule has 0 saturated carbocycles. The first-order valence-electron chi connectivity index (χ1n) is 4.30. The third-order valence-electron chi connectivity index (χ3n) is 1.54. The van der Waals surface area contributed by atoms with E-state index < -0.39 is 5.97 Å². The number of nitrogens with one attached hydrogen (secondary N) is 1. The number of ether oxygens (including phenoxy) is 1. The second-order valence-electron chi connectivity index (χ2n) is 2.89. The highest BCUT2D eigenvalue weighted by Gasteiger charge is 1.99. The first-order chi connectivity index (χ1) is 7.08. The zero-order valence-corrected chi connectivity index (χ0v) is 8.19. The van der Waals surface area contributed by atoms with E-state index in [4.69, 9.17) is 9.84 Å². The Morgan fingerprint density at radius 2 is 1.93 bits per heavy atom. The molecule has 0 aromatic heterocycles. The highest BCUT2D eigenvalue weighted by molar-refractivity contribution is 5.88. The Morgan fingerprint density at radius 1 is 1.33 bits per heavy atom. The summed E-state index contributed by atoms with van der Waals surface area (Å²) in [6.07, 6.45) is 0. The molecular formula is C10H11NO4. The number of hydrogen-bond acceptors (Lipinski definition) is 3. The average molecular weight is 209 g/mol. The van der Waals surface area contributed by atoms with Crippen molar-refractivity contribution < 1.29 is 19.4 Å². The molecule has 0 aliphatic rings. The van der Waals surface area contributed by atoms with Crippen molar-refractivity contribution in [3.05, 3.63) is 24.3 Å². The van der Waals surface area contributed by atoms with Crippen molar-refractivity contribution >= 4 is 17.6 Å². The molecule has 0 unspecified atom stereocenters. The van der Waals surface area contributed by atoms with Gasteiger partial charge in [-0.15, -0.1) is 0 Å². The molecule has 1 aromatic rings. The summed E-state index contributed by atoms with van der Waals surface area (Å²) in [5.41, 5.74) is 0.644. The molecule has 0 fully saturated rings. The Bertz CT molecular complexity index is 358. The molecule has 0 bridgehead atoms. The van der Waals surface area contributed by atoms with E-state index in [1.54, 1.807) is 24.3 Å². The molecule has 1 rings (SSSR count). The number of hydrogen-bond donors (Lipinski definition) is 2. The predicted molar refractivity (Wildman–Crippen MR) is 53.9 cm³/mol. The SMILES string of the molecule is CC(=O)Nc1ccc(OCC(=O)O)cc1. The van der Waals surface area contributed by atoms with Crippen molar-refractivity contribution in [2.45, 2.75) is 6.92 Å². The van der Waals surface area contributed by atoms with E-state index in [-0.39, 0.29) is 12.5 Å². The van der Waals surface area contributed by atoms with Crippen molar-refractivity contribution in [2.75, 3.05) is 11.9 Å². The lowest BCUT2D eigenvalue weighted by molar-refractivity contribution is -0.139. The molecule has 80 valence electrons. The third-order valence-corrected chi connectivity index (χ3v) is 1.54. The van der Waals surface area contributed by atoms with Crippen LogP contribution in [0.3, 0.4) is 0 Å². The first-order valence-corrected chi connectivity index (χ1v) is 4.30. The predicted octanol–water partition coefficient (Wildman–Crippen LogP) is 1.11. The Labute approximate surface area is 86.7 Å². The van der Waals surface area contributed by atoms with Crippen molar-refractivity contribution in [1.82, 2.24) is 0 Å². The highest BCUT2D eigenvalue weighted by Crippen LogP contribution is 2.15. The number of anilines is 1. The van der Waals surface area contributed by atoms with E-state index in [0.29, 0.717) is 11.4 Å². The van der Waals surface area contributed by atoms with Gasteiger partial charge in [0.15, 0.2) is 6.61 Å². The lowest BCUT2D eigenvalue weighted by Gasteiger charge is -2.05. The van der Waals surface area contributed by atoms with Crippen LogP contribution in [0, 0.1) is 0 Å². The minimum atomic E-state index is -1.03. The van der Waals surface area contributed by atoms with Gasteiger partial charge in [0.25, 0.3) is 0 Å². The standard InChI is InChI=1S/C10H11NO4/c1-7(12)11-8-2-4-9(5-3-8)15-6-10(13)14/h2-5H,6H2,1H3,(H,11,12)(H,13,14). The zero-order chi connectivity index (χ0) is 11.3. The van der Waals surface area contributed by atoms with Gasteiger partial charge in [0.2, 0.25) is 5.91 Å². The summed E-state index contributed by atoms with van der Waals surface area (Å²) in [7, 11) is 0. The minimum absolute atomic E-state index is 0.158. The maximum atomic E-state index is 10.7. The largest absolute Gasteiger partial charge is 0.482 e. The molecule has 0 radical (unpaired) electrons. The Kier molecular flexibility index (Phi) is 3.68. The van der Waals surface area contributed by atoms with Gasteiger partial charge in [-0.1, -0.05) is 0 Å². The molecule has 1 aromatic carbocycles. The van der Waals surface area contributed by atoms with Crippen LogP contribution < -0.4 is 10.1 Å². The van der Waals surface area contributed by atoms with Gasteiger partial charge in [-0.2, -0.15) is 0 Å². The maximum absolute atomic E-state index is 10.7. The lowest BCUT2D eigenvalue weighted by atomic mass is 10.3. The molecule has 5 heteroatoms. The molecule has 2 N–H and O–H groups in total. The summed E-state index contributed by atoms with van der Waals surface area (Å²) < 4.78 is 4.92. The lowest BCUT2D eigenvalue weighted by Crippen LogP contribution is -2.09. The Morgan fingerprint density at radius 3 is 2.40 bits per heavy atom. The molecule has 0 spiro atoms. The fourth-order valence-electron chi connectivity index (χ4n) is 0.983. The summed E-state index contributed by atoms with van der Waals surface area (Å²) in [5.74, 6) is -0.735. The van der Waals surface area contributed by atoms with Crippen molar-refractivity contribution in [1.29, 1.82) is 0 Å². The van der Waals surface area contributed by atoms with Crippen LogP contribution in [0.2, 0.25) is 0 Å². The summed E-state index contributed by atoms with van der Waals surface area (Å²) in [5, 5.41) is 11.0. The van der Waals surface area contributed by atoms with Crippen molar-refractivity contribution in [3.8, 4) is 5.75 Å². The highest BCUT2D eigenvalue weighted by atomic mass is 16.5. The normalized spacial score (nSPS) is 9.40. The number of rotatable bonds is 4. The van der Waals surface area contributed by atoms with E-state index in [1.807, 2.05) is 0 Å². The van der Waals surface area contributed by atoms with Crippen molar-refractivity contribution in [2.24, 2.45) is 0 Å². The molecule has 0 atom stereocenters. The summed E-state index contributed by atoms with van der Waals surface area (Å²) in [4.78, 5) is 20.9. The summed E-state index contributed by atoms with van der Waals surface area (Å²) in [6, 6.07) is 6.46. The summed E-state index contributed by atoms with van der Waals surface area (Å²) >= 11 is 0. The number of benzene rings is 1. The van der Waals surface area contributed by atoms with Gasteiger partial charge in [0, 0.05) is 12.6 Å². The molecular weight excluding hydrogens is 198 g/mol. The molecule has 5 nitrogen and oxygen atoms in total. The van der Waals surface area contributed by atoms with Crippen LogP contribution in [-0.2, 0) is 9.59 Å². The quantitative estimate of drug-likeness (QED) is 0.778. The number of carbonyl (C=O) groups is 2. The minimum Gasteiger partial charge on any atom is -0.482 e. The van der Waals surface area contributed by atoms with E-state index in [1.165, 1.54) is 6.92 Å². The van der Waals surface area contributed by atoms with Crippen LogP contribution in [0.4, 0.5) is 5.69 Å². The van der Waals surface area contributed by atoms with Crippen LogP contribution in [-0.4, -0.2) is 23.6 Å². The second-order valence-corrected chi connectivity index (χ2v) is 2.89. The number of carboxylic acids is 1. The Hall–Kier alpha value is -2.04. The number of carboxylic acid groups (broad SMARTS) is 1. The van der Waals surface area contributed by atoms with Gasteiger partial charge in [0.05, 0.1) is 0 Å². The van der Waals surface area contributed by atoms with Gasteiger partial charge in [-0.3, -0.25) is 4.79 Å². The average Bonchev–Trinajstić information content (AvgIpc) is 2.16. The molecule has 15 heavy (non-hydrogen) atoms. The molecule has 1 amide bonds. The summed E-state index contributed by atoms with van der Waals surface area (Å²) in [6.45, 7) is 1.04. The van der Waals surface area contributed by atoms with Gasteiger partial charge in [-0.25, -0.2) is 4.79 Å². The smallest absolute Gasteiger partial charge is 0.341 e. The Balaban J connectivity index is 2.56. The zero-order valence-electron chi connectivity index (χ0n) is 8.19. The second kappa shape index (κ2) is 4.99. The third kappa shape index (κ3) is 4.12. The van der Waals surface area contributed by atoms with E-state index in [9.17, 15) is 9.59 Å². The first kappa shape index (κ1) is 11.0. The molecule has 0 heterocycles. The van der Waals surface area contributed by atoms with E-state index in [2.05, 4.69) is 5.32 Å². The van der Waals surface area contributed by atoms with Crippen LogP contribution in [0.1, 0.15) is 6.92 Å². The van der Waals surface area contributed by atoms with Crippen LogP contribution >= 0.6 is 0 Å². The maximum Gasteiger partial charge on any atom is 0.341 e. The molecule has 0 saturated heterocycles. The van der Waals surface area contributed by atoms with Crippen LogP contribution in [0.25, 0.3) is 0 Å². The van der Waals surface area contributed by atoms with Crippen molar-refractivity contribution in [3.63, 3.8) is 0 Å². The van der Waals surface area contributed by atoms with Gasteiger partial charge < -0.3 is 15.2 Å². The monoisotopic (exact) mass is 209 g/mol. The fourth-order valence-corrected chi connectivity index (χ4v) is 0.983. The van der Waals surface area contributed by atoms with E-state index >= 15 is 0 Å². The topological polar surface area (TPSA) is 75.6 Å². The van der Waals surface area contributed by atoms with E-state index in [0.717, 1.165) is 0 Å². The van der Waals surface area contributed by atoms with Gasteiger partial charge in [-0.05, 0) is 24.3 Å². The van der Waals surface area contributed by atoms with Crippen LogP contribution in [0.5, 0.6) is 5.75 Å². The number of amides is 1. The van der Waals surface area contributed by atoms with Gasteiger partial charge in [0.1, 0.15) is 5.75 Å².